The van der Waals surface area contributed by atoms with Crippen LogP contribution in [0.5, 0.6) is 6.01 Å². The molecule has 6 nitrogen and oxygen atoms in total. The summed E-state index contributed by atoms with van der Waals surface area (Å²) in [5.74, 6) is 1.08. The molecule has 0 spiro atoms. The molecule has 0 unspecified atom stereocenters. The number of hydrogen-bond acceptors (Lipinski definition) is 7. The fourth-order valence-corrected chi connectivity index (χ4v) is 2.11. The number of rotatable bonds is 6. The van der Waals surface area contributed by atoms with Crippen LogP contribution >= 0.6 is 11.3 Å². The van der Waals surface area contributed by atoms with Gasteiger partial charge in [0, 0.05) is 32.4 Å². The molecule has 0 fully saturated rings. The Morgan fingerprint density at radius 3 is 2.79 bits per heavy atom. The standard InChI is InChI=1S/C12H17N5OS/c1-13-10-14-11(17(2)3)16-12(15-10)18-7-6-9-5-4-8-19-9/h4-5,8H,6-7H2,1-3H3,(H,13,14,15,16). The molecule has 0 saturated carbocycles. The van der Waals surface area contributed by atoms with Crippen molar-refractivity contribution in [3.63, 3.8) is 0 Å². The number of ether oxygens (including phenoxy) is 1. The smallest absolute Gasteiger partial charge is 0.323 e. The average molecular weight is 279 g/mol. The van der Waals surface area contributed by atoms with Gasteiger partial charge >= 0.3 is 6.01 Å². The van der Waals surface area contributed by atoms with Crippen LogP contribution in [0.1, 0.15) is 4.88 Å². The lowest BCUT2D eigenvalue weighted by molar-refractivity contribution is 0.297. The van der Waals surface area contributed by atoms with Crippen molar-refractivity contribution < 1.29 is 4.74 Å². The lowest BCUT2D eigenvalue weighted by Gasteiger charge is -2.12. The third-order valence-electron chi connectivity index (χ3n) is 2.39. The zero-order valence-corrected chi connectivity index (χ0v) is 12.1. The van der Waals surface area contributed by atoms with Crippen molar-refractivity contribution in [2.24, 2.45) is 0 Å². The Hall–Kier alpha value is -1.89. The van der Waals surface area contributed by atoms with E-state index in [0.29, 0.717) is 24.5 Å². The highest BCUT2D eigenvalue weighted by atomic mass is 32.1. The van der Waals surface area contributed by atoms with Crippen LogP contribution < -0.4 is 15.0 Å². The van der Waals surface area contributed by atoms with Crippen LogP contribution in [0.25, 0.3) is 0 Å². The van der Waals surface area contributed by atoms with Gasteiger partial charge in [-0.2, -0.15) is 15.0 Å². The SMILES string of the molecule is CNc1nc(OCCc2cccs2)nc(N(C)C)n1. The summed E-state index contributed by atoms with van der Waals surface area (Å²) >= 11 is 1.72. The number of nitrogens with zero attached hydrogens (tertiary/aromatic N) is 4. The molecule has 2 aromatic rings. The predicted molar refractivity (Wildman–Crippen MR) is 77.2 cm³/mol. The van der Waals surface area contributed by atoms with Crippen LogP contribution in [0.4, 0.5) is 11.9 Å². The van der Waals surface area contributed by atoms with Gasteiger partial charge in [-0.15, -0.1) is 11.3 Å². The molecular weight excluding hydrogens is 262 g/mol. The van der Waals surface area contributed by atoms with Gasteiger partial charge in [0.25, 0.3) is 0 Å². The molecule has 2 rings (SSSR count). The zero-order valence-electron chi connectivity index (χ0n) is 11.3. The van der Waals surface area contributed by atoms with E-state index in [4.69, 9.17) is 4.74 Å². The summed E-state index contributed by atoms with van der Waals surface area (Å²) in [4.78, 5) is 15.7. The van der Waals surface area contributed by atoms with E-state index in [1.54, 1.807) is 18.4 Å². The molecule has 0 aromatic carbocycles. The van der Waals surface area contributed by atoms with E-state index < -0.39 is 0 Å². The lowest BCUT2D eigenvalue weighted by atomic mass is 10.4. The van der Waals surface area contributed by atoms with Gasteiger partial charge in [-0.1, -0.05) is 6.07 Å². The molecule has 2 aromatic heterocycles. The van der Waals surface area contributed by atoms with Gasteiger partial charge in [-0.3, -0.25) is 0 Å². The first-order valence-electron chi connectivity index (χ1n) is 5.95. The van der Waals surface area contributed by atoms with Crippen LogP contribution in [0.2, 0.25) is 0 Å². The first kappa shape index (κ1) is 13.5. The molecule has 19 heavy (non-hydrogen) atoms. The van der Waals surface area contributed by atoms with Crippen molar-refractivity contribution in [3.05, 3.63) is 22.4 Å². The molecule has 0 radical (unpaired) electrons. The summed E-state index contributed by atoms with van der Waals surface area (Å²) in [6.45, 7) is 0.556. The van der Waals surface area contributed by atoms with E-state index in [1.165, 1.54) is 4.88 Å². The molecule has 7 heteroatoms. The van der Waals surface area contributed by atoms with Crippen LogP contribution in [-0.4, -0.2) is 42.7 Å². The molecule has 0 saturated heterocycles. The summed E-state index contributed by atoms with van der Waals surface area (Å²) in [6.07, 6.45) is 0.857. The van der Waals surface area contributed by atoms with Gasteiger partial charge in [0.1, 0.15) is 0 Å². The van der Waals surface area contributed by atoms with Crippen molar-refractivity contribution in [1.29, 1.82) is 0 Å². The summed E-state index contributed by atoms with van der Waals surface area (Å²) in [7, 11) is 5.53. The highest BCUT2D eigenvalue weighted by Gasteiger charge is 2.08. The third kappa shape index (κ3) is 3.78. The lowest BCUT2D eigenvalue weighted by Crippen LogP contribution is -2.16. The van der Waals surface area contributed by atoms with Crippen molar-refractivity contribution in [2.45, 2.75) is 6.42 Å². The maximum absolute atomic E-state index is 5.59. The monoisotopic (exact) mass is 279 g/mol. The van der Waals surface area contributed by atoms with Gasteiger partial charge in [-0.05, 0) is 11.4 Å². The molecule has 0 amide bonds. The fraction of sp³-hybridized carbons (Fsp3) is 0.417. The van der Waals surface area contributed by atoms with Crippen LogP contribution in [0, 0.1) is 0 Å². The maximum Gasteiger partial charge on any atom is 0.323 e. The number of anilines is 2. The van der Waals surface area contributed by atoms with E-state index in [1.807, 2.05) is 25.1 Å². The van der Waals surface area contributed by atoms with Gasteiger partial charge < -0.3 is 15.0 Å². The summed E-state index contributed by atoms with van der Waals surface area (Å²) in [6, 6.07) is 4.47. The maximum atomic E-state index is 5.59. The highest BCUT2D eigenvalue weighted by Crippen LogP contribution is 2.14. The molecule has 0 aliphatic heterocycles. The number of aromatic nitrogens is 3. The number of nitrogens with one attached hydrogen (secondary N) is 1. The molecule has 2 heterocycles. The minimum Gasteiger partial charge on any atom is -0.463 e. The number of thiophene rings is 1. The summed E-state index contributed by atoms with van der Waals surface area (Å²) in [5.41, 5.74) is 0. The minimum absolute atomic E-state index is 0.347. The molecule has 102 valence electrons. The molecule has 0 aliphatic rings. The minimum atomic E-state index is 0.347. The van der Waals surface area contributed by atoms with Gasteiger partial charge in [0.15, 0.2) is 0 Å². The normalized spacial score (nSPS) is 10.3. The Balaban J connectivity index is 2.00. The third-order valence-corrected chi connectivity index (χ3v) is 3.32. The Morgan fingerprint density at radius 1 is 1.32 bits per heavy atom. The second-order valence-electron chi connectivity index (χ2n) is 4.06. The second-order valence-corrected chi connectivity index (χ2v) is 5.10. The summed E-state index contributed by atoms with van der Waals surface area (Å²) < 4.78 is 5.59. The summed E-state index contributed by atoms with van der Waals surface area (Å²) in [5, 5.41) is 4.96. The molecular formula is C12H17N5OS. The van der Waals surface area contributed by atoms with Crippen LogP contribution in [0.15, 0.2) is 17.5 Å². The van der Waals surface area contributed by atoms with E-state index in [2.05, 4.69) is 31.7 Å². The zero-order chi connectivity index (χ0) is 13.7. The van der Waals surface area contributed by atoms with Crippen molar-refractivity contribution in [2.75, 3.05) is 38.0 Å². The first-order chi connectivity index (χ1) is 9.19. The Bertz CT molecular complexity index is 515. The Labute approximate surface area is 116 Å². The topological polar surface area (TPSA) is 63.2 Å². The van der Waals surface area contributed by atoms with Gasteiger partial charge in [0.2, 0.25) is 11.9 Å². The average Bonchev–Trinajstić information content (AvgIpc) is 2.91. The number of hydrogen-bond donors (Lipinski definition) is 1. The predicted octanol–water partition coefficient (Wildman–Crippen LogP) is 1.66. The van der Waals surface area contributed by atoms with Gasteiger partial charge in [-0.25, -0.2) is 0 Å². The van der Waals surface area contributed by atoms with E-state index >= 15 is 0 Å². The molecule has 0 aliphatic carbocycles. The Morgan fingerprint density at radius 2 is 2.16 bits per heavy atom. The second kappa shape index (κ2) is 6.33. The van der Waals surface area contributed by atoms with Crippen molar-refractivity contribution in [3.8, 4) is 6.01 Å². The van der Waals surface area contributed by atoms with Crippen molar-refractivity contribution in [1.82, 2.24) is 15.0 Å². The van der Waals surface area contributed by atoms with Crippen molar-refractivity contribution >= 4 is 23.2 Å². The molecule has 1 N–H and O–H groups in total. The fourth-order valence-electron chi connectivity index (χ4n) is 1.42. The van der Waals surface area contributed by atoms with Crippen LogP contribution in [0.3, 0.4) is 0 Å². The van der Waals surface area contributed by atoms with Gasteiger partial charge in [0.05, 0.1) is 6.61 Å². The molecule has 0 bridgehead atoms. The van der Waals surface area contributed by atoms with E-state index in [9.17, 15) is 0 Å². The highest BCUT2D eigenvalue weighted by molar-refractivity contribution is 7.09. The van der Waals surface area contributed by atoms with E-state index in [0.717, 1.165) is 6.42 Å². The van der Waals surface area contributed by atoms with E-state index in [-0.39, 0.29) is 0 Å². The van der Waals surface area contributed by atoms with Crippen LogP contribution in [-0.2, 0) is 6.42 Å². The largest absolute Gasteiger partial charge is 0.463 e. The Kier molecular flexibility index (Phi) is 4.51. The first-order valence-corrected chi connectivity index (χ1v) is 6.83. The molecule has 0 atom stereocenters. The quantitative estimate of drug-likeness (QED) is 0.867.